The van der Waals surface area contributed by atoms with Crippen LogP contribution in [0.15, 0.2) is 34.5 Å². The third kappa shape index (κ3) is 4.91. The molecule has 0 unspecified atom stereocenters. The number of hydrogen-bond acceptors (Lipinski definition) is 6. The van der Waals surface area contributed by atoms with E-state index in [0.29, 0.717) is 22.2 Å². The number of benzene rings is 1. The summed E-state index contributed by atoms with van der Waals surface area (Å²) in [4.78, 5) is 10.6. The van der Waals surface area contributed by atoms with Gasteiger partial charge in [-0.3, -0.25) is 4.79 Å². The first-order valence-electron chi connectivity index (χ1n) is 8.90. The molecule has 0 aliphatic carbocycles. The van der Waals surface area contributed by atoms with Crippen LogP contribution in [-0.2, 0) is 21.2 Å². The van der Waals surface area contributed by atoms with E-state index in [1.165, 1.54) is 20.2 Å². The molecular weight excluding hydrogens is 418 g/mol. The molecule has 2 rings (SSSR count). The number of aromatic nitrogens is 1. The molecule has 1 aromatic heterocycles. The van der Waals surface area contributed by atoms with E-state index >= 15 is 0 Å². The zero-order chi connectivity index (χ0) is 21.9. The molecule has 0 radical (unpaired) electrons. The van der Waals surface area contributed by atoms with Gasteiger partial charge in [0.25, 0.3) is 10.0 Å². The molecule has 0 aliphatic rings. The molecule has 0 spiro atoms. The summed E-state index contributed by atoms with van der Waals surface area (Å²) in [6.45, 7) is 5.03. The molecule has 1 aromatic carbocycles. The summed E-state index contributed by atoms with van der Waals surface area (Å²) in [5.74, 6) is -0.508. The van der Waals surface area contributed by atoms with E-state index in [9.17, 15) is 13.2 Å². The minimum Gasteiger partial charge on any atom is -0.491 e. The van der Waals surface area contributed by atoms with E-state index in [0.717, 1.165) is 3.97 Å². The molecule has 1 heterocycles. The Labute approximate surface area is 174 Å². The van der Waals surface area contributed by atoms with Crippen molar-refractivity contribution in [2.24, 2.45) is 0 Å². The van der Waals surface area contributed by atoms with Gasteiger partial charge in [0.05, 0.1) is 17.3 Å². The average Bonchev–Trinajstić information content (AvgIpc) is 2.97. The van der Waals surface area contributed by atoms with Gasteiger partial charge in [-0.25, -0.2) is 12.4 Å². The Balaban J connectivity index is 2.78. The summed E-state index contributed by atoms with van der Waals surface area (Å²) in [5, 5.41) is 19.9. The zero-order valence-electron chi connectivity index (χ0n) is 16.6. The van der Waals surface area contributed by atoms with Crippen molar-refractivity contribution in [2.75, 3.05) is 7.05 Å². The molecule has 29 heavy (non-hydrogen) atoms. The summed E-state index contributed by atoms with van der Waals surface area (Å²) in [5.41, 5.74) is 0.653. The first-order valence-corrected chi connectivity index (χ1v) is 10.7. The van der Waals surface area contributed by atoms with Gasteiger partial charge in [-0.05, 0) is 44.9 Å². The normalized spacial score (nSPS) is 12.8. The maximum atomic E-state index is 13.4. The van der Waals surface area contributed by atoms with E-state index in [1.807, 2.05) is 13.8 Å². The molecule has 10 heteroatoms. The molecule has 2 aromatic rings. The summed E-state index contributed by atoms with van der Waals surface area (Å²) in [7, 11) is -2.77. The van der Waals surface area contributed by atoms with Gasteiger partial charge in [0, 0.05) is 31.1 Å². The summed E-state index contributed by atoms with van der Waals surface area (Å²) in [6.07, 6.45) is 1.27. The van der Waals surface area contributed by atoms with Crippen LogP contribution in [0.25, 0.3) is 10.9 Å². The van der Waals surface area contributed by atoms with Gasteiger partial charge in [0.2, 0.25) is 0 Å². The van der Waals surface area contributed by atoms with E-state index in [-0.39, 0.29) is 34.7 Å². The Morgan fingerprint density at radius 2 is 2.03 bits per heavy atom. The van der Waals surface area contributed by atoms with Crippen molar-refractivity contribution in [1.29, 1.82) is 5.41 Å². The standard InChI is InChI=1S/C19H24ClN3O5S/c1-11(2)28-14-6-7-15-13(5-8-17(24)25)10-23(16(15)9-14)29(26,27)18(12(3)21)19(20)22-4/h6-7,9-11,21-22H,5,8H2,1-4H3,(H,24,25)/b19-18+,21-12?. The lowest BCUT2D eigenvalue weighted by Crippen LogP contribution is -2.22. The monoisotopic (exact) mass is 441 g/mol. The van der Waals surface area contributed by atoms with Crippen molar-refractivity contribution < 1.29 is 23.1 Å². The fourth-order valence-corrected chi connectivity index (χ4v) is 4.94. The van der Waals surface area contributed by atoms with Crippen LogP contribution in [0.1, 0.15) is 32.8 Å². The highest BCUT2D eigenvalue weighted by molar-refractivity contribution is 7.95. The fourth-order valence-electron chi connectivity index (χ4n) is 2.91. The molecule has 8 nitrogen and oxygen atoms in total. The summed E-state index contributed by atoms with van der Waals surface area (Å²) < 4.78 is 33.4. The third-order valence-corrected chi connectivity index (χ3v) is 6.42. The topological polar surface area (TPSA) is 121 Å². The number of rotatable bonds is 9. The Kier molecular flexibility index (Phi) is 6.97. The Bertz CT molecular complexity index is 1090. The van der Waals surface area contributed by atoms with Crippen LogP contribution in [0.2, 0.25) is 0 Å². The molecule has 0 bridgehead atoms. The predicted octanol–water partition coefficient (Wildman–Crippen LogP) is 3.29. The number of ether oxygens (including phenoxy) is 1. The number of allylic oxidation sites excluding steroid dienone is 1. The highest BCUT2D eigenvalue weighted by Crippen LogP contribution is 2.31. The minimum absolute atomic E-state index is 0.114. The number of nitrogens with one attached hydrogen (secondary N) is 2. The highest BCUT2D eigenvalue weighted by atomic mass is 35.5. The molecule has 0 saturated carbocycles. The minimum atomic E-state index is -4.23. The number of carbonyl (C=O) groups is 1. The third-order valence-electron chi connectivity index (χ3n) is 4.08. The van der Waals surface area contributed by atoms with Crippen LogP contribution in [0.3, 0.4) is 0 Å². The van der Waals surface area contributed by atoms with Crippen molar-refractivity contribution in [3.63, 3.8) is 0 Å². The predicted molar refractivity (Wildman–Crippen MR) is 113 cm³/mol. The molecular formula is C19H24ClN3O5S. The van der Waals surface area contributed by atoms with Gasteiger partial charge < -0.3 is 20.6 Å². The molecule has 3 N–H and O–H groups in total. The number of fused-ring (bicyclic) bond motifs is 1. The lowest BCUT2D eigenvalue weighted by molar-refractivity contribution is -0.136. The van der Waals surface area contributed by atoms with Crippen LogP contribution >= 0.6 is 11.6 Å². The number of carboxylic acid groups (broad SMARTS) is 1. The average molecular weight is 442 g/mol. The van der Waals surface area contributed by atoms with Gasteiger partial charge in [0.1, 0.15) is 15.8 Å². The number of nitrogens with zero attached hydrogens (tertiary/aromatic N) is 1. The lowest BCUT2D eigenvalue weighted by Gasteiger charge is -2.14. The molecule has 0 aliphatic heterocycles. The van der Waals surface area contributed by atoms with Crippen LogP contribution in [0.5, 0.6) is 5.75 Å². The first-order chi connectivity index (χ1) is 13.5. The highest BCUT2D eigenvalue weighted by Gasteiger charge is 2.28. The van der Waals surface area contributed by atoms with Gasteiger partial charge in [0.15, 0.2) is 0 Å². The van der Waals surface area contributed by atoms with E-state index in [4.69, 9.17) is 26.9 Å². The smallest absolute Gasteiger partial charge is 0.303 e. The summed E-state index contributed by atoms with van der Waals surface area (Å²) >= 11 is 6.05. The van der Waals surface area contributed by atoms with Gasteiger partial charge in [-0.1, -0.05) is 11.6 Å². The van der Waals surface area contributed by atoms with Crippen molar-refractivity contribution in [3.8, 4) is 5.75 Å². The van der Waals surface area contributed by atoms with Crippen molar-refractivity contribution >= 4 is 44.2 Å². The van der Waals surface area contributed by atoms with E-state index in [1.54, 1.807) is 18.2 Å². The van der Waals surface area contributed by atoms with Crippen LogP contribution in [-0.4, -0.2) is 42.3 Å². The SMILES string of the molecule is CN/C(Cl)=C(\C(C)=N)S(=O)(=O)n1cc(CCC(=O)O)c2ccc(OC(C)C)cc21. The quantitative estimate of drug-likeness (QED) is 0.405. The van der Waals surface area contributed by atoms with E-state index < -0.39 is 16.0 Å². The Morgan fingerprint density at radius 1 is 1.38 bits per heavy atom. The van der Waals surface area contributed by atoms with Gasteiger partial charge in [-0.15, -0.1) is 0 Å². The first kappa shape index (κ1) is 22.8. The van der Waals surface area contributed by atoms with Gasteiger partial charge >= 0.3 is 5.97 Å². The number of carboxylic acids is 1. The zero-order valence-corrected chi connectivity index (χ0v) is 18.2. The maximum Gasteiger partial charge on any atom is 0.303 e. The van der Waals surface area contributed by atoms with Crippen LogP contribution in [0.4, 0.5) is 0 Å². The Morgan fingerprint density at radius 3 is 2.55 bits per heavy atom. The van der Waals surface area contributed by atoms with Crippen molar-refractivity contribution in [1.82, 2.24) is 9.29 Å². The molecule has 0 atom stereocenters. The molecule has 0 fully saturated rings. The number of hydrogen-bond donors (Lipinski definition) is 3. The van der Waals surface area contributed by atoms with Crippen molar-refractivity contribution in [3.05, 3.63) is 40.0 Å². The van der Waals surface area contributed by atoms with Crippen molar-refractivity contribution in [2.45, 2.75) is 39.7 Å². The second kappa shape index (κ2) is 8.87. The Hall–Kier alpha value is -2.52. The second-order valence-corrected chi connectivity index (χ2v) is 8.84. The largest absolute Gasteiger partial charge is 0.491 e. The number of aryl methyl sites for hydroxylation is 1. The second-order valence-electron chi connectivity index (χ2n) is 6.71. The molecule has 158 valence electrons. The lowest BCUT2D eigenvalue weighted by atomic mass is 10.1. The molecule has 0 saturated heterocycles. The number of aliphatic carboxylic acids is 1. The number of halogens is 1. The summed E-state index contributed by atoms with van der Waals surface area (Å²) in [6, 6.07) is 5.00. The van der Waals surface area contributed by atoms with E-state index in [2.05, 4.69) is 5.32 Å². The maximum absolute atomic E-state index is 13.4. The fraction of sp³-hybridized carbons (Fsp3) is 0.368. The van der Waals surface area contributed by atoms with Gasteiger partial charge in [-0.2, -0.15) is 0 Å². The molecule has 0 amide bonds. The van der Waals surface area contributed by atoms with Crippen LogP contribution < -0.4 is 10.1 Å². The van der Waals surface area contributed by atoms with Crippen LogP contribution in [0, 0.1) is 5.41 Å².